The molecule has 0 spiro atoms. The van der Waals surface area contributed by atoms with E-state index in [1.807, 2.05) is 0 Å². The number of carboxylic acids is 1. The minimum absolute atomic E-state index is 0.0675. The van der Waals surface area contributed by atoms with E-state index in [4.69, 9.17) is 14.9 Å². The second-order valence-corrected chi connectivity index (χ2v) is 5.23. The quantitative estimate of drug-likeness (QED) is 0.566. The molecule has 0 unspecified atom stereocenters. The third-order valence-electron chi connectivity index (χ3n) is 2.59. The van der Waals surface area contributed by atoms with Crippen LogP contribution in [0.5, 0.6) is 0 Å². The van der Waals surface area contributed by atoms with Gasteiger partial charge in [0.1, 0.15) is 5.00 Å². The highest BCUT2D eigenvalue weighted by atomic mass is 32.1. The number of rotatable bonds is 7. The molecule has 1 aromatic heterocycles. The Labute approximate surface area is 120 Å². The maximum absolute atomic E-state index is 11.6. The summed E-state index contributed by atoms with van der Waals surface area (Å²) in [5.41, 5.74) is 0.781. The van der Waals surface area contributed by atoms with Crippen LogP contribution in [0.25, 0.3) is 0 Å². The van der Waals surface area contributed by atoms with Crippen molar-refractivity contribution < 1.29 is 24.5 Å². The van der Waals surface area contributed by atoms with Gasteiger partial charge < -0.3 is 20.3 Å². The van der Waals surface area contributed by atoms with Crippen LogP contribution < -0.4 is 10.6 Å². The standard InChI is InChI=1S/C12H18N2O5S/c1-7-8(2)20-10(9(7)11(16)17)14-12(18)13-3-5-19-6-4-15/h15H,3-6H2,1-2H3,(H,16,17)(H2,13,14,18). The van der Waals surface area contributed by atoms with Crippen LogP contribution in [0, 0.1) is 13.8 Å². The molecule has 4 N–H and O–H groups in total. The highest BCUT2D eigenvalue weighted by Crippen LogP contribution is 2.32. The summed E-state index contributed by atoms with van der Waals surface area (Å²) in [6.45, 7) is 4.22. The van der Waals surface area contributed by atoms with Crippen LogP contribution in [0.2, 0.25) is 0 Å². The van der Waals surface area contributed by atoms with Crippen LogP contribution in [-0.4, -0.2) is 48.6 Å². The third-order valence-corrected chi connectivity index (χ3v) is 3.72. The van der Waals surface area contributed by atoms with Crippen molar-refractivity contribution in [2.75, 3.05) is 31.7 Å². The van der Waals surface area contributed by atoms with Crippen molar-refractivity contribution in [1.29, 1.82) is 0 Å². The van der Waals surface area contributed by atoms with Gasteiger partial charge in [-0.25, -0.2) is 9.59 Å². The van der Waals surface area contributed by atoms with E-state index in [0.717, 1.165) is 4.88 Å². The molecule has 0 fully saturated rings. The van der Waals surface area contributed by atoms with Crippen molar-refractivity contribution in [1.82, 2.24) is 5.32 Å². The SMILES string of the molecule is Cc1sc(NC(=O)NCCOCCO)c(C(=O)O)c1C. The van der Waals surface area contributed by atoms with Gasteiger partial charge in [0.15, 0.2) is 0 Å². The average molecular weight is 302 g/mol. The van der Waals surface area contributed by atoms with Crippen LogP contribution >= 0.6 is 11.3 Å². The topological polar surface area (TPSA) is 108 Å². The number of aromatic carboxylic acids is 1. The maximum Gasteiger partial charge on any atom is 0.338 e. The van der Waals surface area contributed by atoms with Gasteiger partial charge in [-0.2, -0.15) is 0 Å². The van der Waals surface area contributed by atoms with Gasteiger partial charge in [0, 0.05) is 11.4 Å². The molecule has 0 atom stereocenters. The van der Waals surface area contributed by atoms with Crippen LogP contribution in [0.1, 0.15) is 20.8 Å². The molecule has 20 heavy (non-hydrogen) atoms. The summed E-state index contributed by atoms with van der Waals surface area (Å²) in [6.07, 6.45) is 0. The monoisotopic (exact) mass is 302 g/mol. The Kier molecular flexibility index (Phi) is 6.43. The lowest BCUT2D eigenvalue weighted by atomic mass is 10.1. The molecule has 0 saturated heterocycles. The Balaban J connectivity index is 2.54. The normalized spacial score (nSPS) is 10.3. The first-order valence-corrected chi connectivity index (χ1v) is 6.85. The summed E-state index contributed by atoms with van der Waals surface area (Å²) >= 11 is 1.23. The van der Waals surface area contributed by atoms with Crippen molar-refractivity contribution in [2.24, 2.45) is 0 Å². The summed E-state index contributed by atoms with van der Waals surface area (Å²) in [4.78, 5) is 23.6. The van der Waals surface area contributed by atoms with Gasteiger partial charge in [-0.3, -0.25) is 5.32 Å². The Bertz CT molecular complexity index is 486. The van der Waals surface area contributed by atoms with Gasteiger partial charge in [0.05, 0.1) is 25.4 Å². The van der Waals surface area contributed by atoms with Crippen molar-refractivity contribution in [3.05, 3.63) is 16.0 Å². The Morgan fingerprint density at radius 3 is 2.60 bits per heavy atom. The molecule has 1 aromatic rings. The Morgan fingerprint density at radius 1 is 1.30 bits per heavy atom. The molecule has 0 aliphatic rings. The molecule has 0 aromatic carbocycles. The molecule has 1 heterocycles. The molecule has 112 valence electrons. The third kappa shape index (κ3) is 4.48. The highest BCUT2D eigenvalue weighted by Gasteiger charge is 2.20. The summed E-state index contributed by atoms with van der Waals surface area (Å²) in [7, 11) is 0. The summed E-state index contributed by atoms with van der Waals surface area (Å²) in [5, 5.41) is 23.0. The van der Waals surface area contributed by atoms with E-state index >= 15 is 0 Å². The van der Waals surface area contributed by atoms with Crippen LogP contribution in [0.15, 0.2) is 0 Å². The van der Waals surface area contributed by atoms with E-state index in [1.54, 1.807) is 13.8 Å². The van der Waals surface area contributed by atoms with Crippen LogP contribution in [0.4, 0.5) is 9.80 Å². The number of nitrogens with one attached hydrogen (secondary N) is 2. The number of urea groups is 1. The largest absolute Gasteiger partial charge is 0.478 e. The number of aryl methyl sites for hydroxylation is 1. The minimum atomic E-state index is -1.06. The molecule has 0 aliphatic carbocycles. The second kappa shape index (κ2) is 7.83. The minimum Gasteiger partial charge on any atom is -0.478 e. The van der Waals surface area contributed by atoms with Crippen molar-refractivity contribution in [3.8, 4) is 0 Å². The van der Waals surface area contributed by atoms with E-state index < -0.39 is 12.0 Å². The molecule has 0 saturated carbocycles. The molecule has 0 aliphatic heterocycles. The van der Waals surface area contributed by atoms with Gasteiger partial charge in [-0.1, -0.05) is 0 Å². The maximum atomic E-state index is 11.6. The van der Waals surface area contributed by atoms with E-state index in [1.165, 1.54) is 11.3 Å². The lowest BCUT2D eigenvalue weighted by molar-refractivity contribution is 0.0697. The summed E-state index contributed by atoms with van der Waals surface area (Å²) in [5.74, 6) is -1.06. The number of thiophene rings is 1. The zero-order valence-electron chi connectivity index (χ0n) is 11.4. The van der Waals surface area contributed by atoms with Gasteiger partial charge in [0.2, 0.25) is 0 Å². The fourth-order valence-corrected chi connectivity index (χ4v) is 2.57. The number of carbonyl (C=O) groups is 2. The molecule has 7 nitrogen and oxygen atoms in total. The number of carboxylic acid groups (broad SMARTS) is 1. The number of hydrogen-bond acceptors (Lipinski definition) is 5. The smallest absolute Gasteiger partial charge is 0.338 e. The van der Waals surface area contributed by atoms with E-state index in [-0.39, 0.29) is 31.9 Å². The first-order chi connectivity index (χ1) is 9.47. The number of ether oxygens (including phenoxy) is 1. The van der Waals surface area contributed by atoms with Gasteiger partial charge >= 0.3 is 12.0 Å². The molecular weight excluding hydrogens is 284 g/mol. The molecule has 0 radical (unpaired) electrons. The van der Waals surface area contributed by atoms with Gasteiger partial charge in [0.25, 0.3) is 0 Å². The Morgan fingerprint density at radius 2 is 2.00 bits per heavy atom. The number of carbonyl (C=O) groups excluding carboxylic acids is 1. The zero-order valence-corrected chi connectivity index (χ0v) is 12.2. The van der Waals surface area contributed by atoms with E-state index in [0.29, 0.717) is 10.6 Å². The zero-order chi connectivity index (χ0) is 15.1. The first-order valence-electron chi connectivity index (χ1n) is 6.04. The number of amides is 2. The van der Waals surface area contributed by atoms with E-state index in [2.05, 4.69) is 10.6 Å². The predicted molar refractivity (Wildman–Crippen MR) is 75.7 cm³/mol. The van der Waals surface area contributed by atoms with E-state index in [9.17, 15) is 9.59 Å². The number of aliphatic hydroxyl groups excluding tert-OH is 1. The highest BCUT2D eigenvalue weighted by molar-refractivity contribution is 7.16. The predicted octanol–water partition coefficient (Wildman–Crippen LogP) is 1.19. The van der Waals surface area contributed by atoms with Crippen molar-refractivity contribution >= 4 is 28.3 Å². The molecule has 8 heteroatoms. The number of aliphatic hydroxyl groups is 1. The summed E-state index contributed by atoms with van der Waals surface area (Å²) in [6, 6.07) is -0.485. The lowest BCUT2D eigenvalue weighted by Gasteiger charge is -2.07. The lowest BCUT2D eigenvalue weighted by Crippen LogP contribution is -2.32. The number of hydrogen-bond donors (Lipinski definition) is 4. The van der Waals surface area contributed by atoms with Crippen LogP contribution in [0.3, 0.4) is 0 Å². The fraction of sp³-hybridized carbons (Fsp3) is 0.500. The van der Waals surface area contributed by atoms with Gasteiger partial charge in [-0.05, 0) is 19.4 Å². The molecule has 2 amide bonds. The van der Waals surface area contributed by atoms with Crippen molar-refractivity contribution in [3.63, 3.8) is 0 Å². The van der Waals surface area contributed by atoms with Crippen LogP contribution in [-0.2, 0) is 4.74 Å². The molecular formula is C12H18N2O5S. The summed E-state index contributed by atoms with van der Waals surface area (Å²) < 4.78 is 4.98. The Hall–Kier alpha value is -1.64. The fourth-order valence-electron chi connectivity index (χ4n) is 1.52. The average Bonchev–Trinajstić information content (AvgIpc) is 2.64. The molecule has 1 rings (SSSR count). The first kappa shape index (κ1) is 16.4. The number of anilines is 1. The molecule has 0 bridgehead atoms. The second-order valence-electron chi connectivity index (χ2n) is 4.01. The van der Waals surface area contributed by atoms with Crippen molar-refractivity contribution in [2.45, 2.75) is 13.8 Å². The van der Waals surface area contributed by atoms with Gasteiger partial charge in [-0.15, -0.1) is 11.3 Å².